The molecule has 96 valence electrons. The van der Waals surface area contributed by atoms with Gasteiger partial charge in [0.05, 0.1) is 6.54 Å². The Morgan fingerprint density at radius 2 is 2.00 bits per heavy atom. The van der Waals surface area contributed by atoms with Crippen LogP contribution in [0, 0.1) is 0 Å². The molecule has 0 saturated carbocycles. The van der Waals surface area contributed by atoms with Gasteiger partial charge in [-0.1, -0.05) is 6.08 Å². The zero-order valence-corrected chi connectivity index (χ0v) is 10.1. The highest BCUT2D eigenvalue weighted by atomic mass is 16.4. The van der Waals surface area contributed by atoms with Crippen molar-refractivity contribution in [3.8, 4) is 0 Å². The first-order chi connectivity index (χ1) is 8.13. The standard InChI is InChI=1S/C12H20N2O3/c1-2-3-5-11(15)14-7-4-6-13(8-9-14)10-12(16)17/h2H,1,3-10H2,(H,16,17). The Balaban J connectivity index is 2.38. The summed E-state index contributed by atoms with van der Waals surface area (Å²) in [7, 11) is 0. The second-order valence-electron chi connectivity index (χ2n) is 4.23. The summed E-state index contributed by atoms with van der Waals surface area (Å²) >= 11 is 0. The first-order valence-corrected chi connectivity index (χ1v) is 5.96. The Kier molecular flexibility index (Phi) is 5.69. The Morgan fingerprint density at radius 3 is 2.65 bits per heavy atom. The second kappa shape index (κ2) is 7.06. The summed E-state index contributed by atoms with van der Waals surface area (Å²) in [5.41, 5.74) is 0. The maximum atomic E-state index is 11.8. The van der Waals surface area contributed by atoms with Gasteiger partial charge in [0.1, 0.15) is 0 Å². The number of carboxylic acids is 1. The zero-order valence-electron chi connectivity index (χ0n) is 10.1. The number of carbonyl (C=O) groups is 2. The van der Waals surface area contributed by atoms with Gasteiger partial charge in [-0.05, 0) is 12.8 Å². The molecule has 1 aliphatic heterocycles. The fourth-order valence-electron chi connectivity index (χ4n) is 1.95. The summed E-state index contributed by atoms with van der Waals surface area (Å²) < 4.78 is 0. The van der Waals surface area contributed by atoms with Crippen LogP contribution in [0.2, 0.25) is 0 Å². The molecule has 0 aromatic carbocycles. The minimum atomic E-state index is -0.809. The predicted molar refractivity (Wildman–Crippen MR) is 64.7 cm³/mol. The Bertz CT molecular complexity index is 291. The molecule has 0 radical (unpaired) electrons. The first kappa shape index (κ1) is 13.7. The molecule has 1 saturated heterocycles. The van der Waals surface area contributed by atoms with E-state index < -0.39 is 5.97 Å². The molecule has 0 aliphatic carbocycles. The number of amides is 1. The minimum absolute atomic E-state index is 0.0642. The predicted octanol–water partition coefficient (Wildman–Crippen LogP) is 0.572. The minimum Gasteiger partial charge on any atom is -0.480 e. The van der Waals surface area contributed by atoms with Crippen LogP contribution in [-0.2, 0) is 9.59 Å². The van der Waals surface area contributed by atoms with E-state index in [-0.39, 0.29) is 12.5 Å². The number of aliphatic carboxylic acids is 1. The summed E-state index contributed by atoms with van der Waals surface area (Å²) in [6.45, 7) is 6.41. The van der Waals surface area contributed by atoms with Gasteiger partial charge in [-0.15, -0.1) is 6.58 Å². The highest BCUT2D eigenvalue weighted by molar-refractivity contribution is 5.76. The number of carboxylic acid groups (broad SMARTS) is 1. The molecule has 5 nitrogen and oxygen atoms in total. The number of carbonyl (C=O) groups excluding carboxylic acids is 1. The molecule has 0 unspecified atom stereocenters. The lowest BCUT2D eigenvalue weighted by Gasteiger charge is -2.20. The highest BCUT2D eigenvalue weighted by Crippen LogP contribution is 2.06. The lowest BCUT2D eigenvalue weighted by atomic mass is 10.2. The van der Waals surface area contributed by atoms with E-state index >= 15 is 0 Å². The monoisotopic (exact) mass is 240 g/mol. The van der Waals surface area contributed by atoms with Gasteiger partial charge in [-0.3, -0.25) is 14.5 Å². The Labute approximate surface area is 102 Å². The van der Waals surface area contributed by atoms with Crippen molar-refractivity contribution in [2.75, 3.05) is 32.7 Å². The molecular weight excluding hydrogens is 220 g/mol. The number of hydrogen-bond donors (Lipinski definition) is 1. The van der Waals surface area contributed by atoms with Crippen molar-refractivity contribution in [2.24, 2.45) is 0 Å². The number of nitrogens with zero attached hydrogens (tertiary/aromatic N) is 2. The molecule has 0 spiro atoms. The lowest BCUT2D eigenvalue weighted by molar-refractivity contribution is -0.138. The second-order valence-corrected chi connectivity index (χ2v) is 4.23. The van der Waals surface area contributed by atoms with Gasteiger partial charge < -0.3 is 10.0 Å². The maximum absolute atomic E-state index is 11.8. The summed E-state index contributed by atoms with van der Waals surface area (Å²) in [4.78, 5) is 26.1. The molecule has 5 heteroatoms. The van der Waals surface area contributed by atoms with E-state index in [2.05, 4.69) is 6.58 Å². The fraction of sp³-hybridized carbons (Fsp3) is 0.667. The molecule has 1 fully saturated rings. The van der Waals surface area contributed by atoms with Crippen LogP contribution in [0.25, 0.3) is 0 Å². The number of rotatable bonds is 5. The quantitative estimate of drug-likeness (QED) is 0.714. The Hall–Kier alpha value is -1.36. The highest BCUT2D eigenvalue weighted by Gasteiger charge is 2.19. The summed E-state index contributed by atoms with van der Waals surface area (Å²) in [6, 6.07) is 0. The van der Waals surface area contributed by atoms with Crippen LogP contribution in [0.3, 0.4) is 0 Å². The van der Waals surface area contributed by atoms with Crippen molar-refractivity contribution in [3.05, 3.63) is 12.7 Å². The molecule has 1 heterocycles. The number of allylic oxidation sites excluding steroid dienone is 1. The van der Waals surface area contributed by atoms with Crippen LogP contribution in [0.4, 0.5) is 0 Å². The van der Waals surface area contributed by atoms with Gasteiger partial charge in [0.25, 0.3) is 0 Å². The van der Waals surface area contributed by atoms with E-state index in [1.807, 2.05) is 9.80 Å². The molecule has 0 atom stereocenters. The van der Waals surface area contributed by atoms with Crippen molar-refractivity contribution in [3.63, 3.8) is 0 Å². The average molecular weight is 240 g/mol. The third kappa shape index (κ3) is 4.99. The summed E-state index contributed by atoms with van der Waals surface area (Å²) in [5, 5.41) is 8.72. The Morgan fingerprint density at radius 1 is 1.24 bits per heavy atom. The van der Waals surface area contributed by atoms with Crippen LogP contribution in [-0.4, -0.2) is 59.5 Å². The van der Waals surface area contributed by atoms with E-state index in [0.29, 0.717) is 25.9 Å². The van der Waals surface area contributed by atoms with Crippen molar-refractivity contribution in [2.45, 2.75) is 19.3 Å². The molecule has 1 amide bonds. The van der Waals surface area contributed by atoms with Crippen LogP contribution < -0.4 is 0 Å². The van der Waals surface area contributed by atoms with Crippen LogP contribution >= 0.6 is 0 Å². The molecule has 1 rings (SSSR count). The van der Waals surface area contributed by atoms with Crippen molar-refractivity contribution in [1.82, 2.24) is 9.80 Å². The SMILES string of the molecule is C=CCCC(=O)N1CCCN(CC(=O)O)CC1. The first-order valence-electron chi connectivity index (χ1n) is 5.96. The van der Waals surface area contributed by atoms with E-state index in [4.69, 9.17) is 5.11 Å². The van der Waals surface area contributed by atoms with Crippen LogP contribution in [0.5, 0.6) is 0 Å². The van der Waals surface area contributed by atoms with E-state index in [0.717, 1.165) is 19.5 Å². The molecule has 0 aromatic heterocycles. The topological polar surface area (TPSA) is 60.9 Å². The average Bonchev–Trinajstić information content (AvgIpc) is 2.51. The molecule has 1 N–H and O–H groups in total. The van der Waals surface area contributed by atoms with Crippen LogP contribution in [0.15, 0.2) is 12.7 Å². The molecule has 1 aliphatic rings. The third-order valence-electron chi connectivity index (χ3n) is 2.86. The van der Waals surface area contributed by atoms with Crippen molar-refractivity contribution >= 4 is 11.9 Å². The van der Waals surface area contributed by atoms with E-state index in [1.54, 1.807) is 6.08 Å². The van der Waals surface area contributed by atoms with Gasteiger partial charge in [0.15, 0.2) is 0 Å². The fourth-order valence-corrected chi connectivity index (χ4v) is 1.95. The van der Waals surface area contributed by atoms with Crippen molar-refractivity contribution in [1.29, 1.82) is 0 Å². The summed E-state index contributed by atoms with van der Waals surface area (Å²) in [5.74, 6) is -0.668. The third-order valence-corrected chi connectivity index (χ3v) is 2.86. The maximum Gasteiger partial charge on any atom is 0.317 e. The van der Waals surface area contributed by atoms with E-state index in [9.17, 15) is 9.59 Å². The van der Waals surface area contributed by atoms with Gasteiger partial charge in [0, 0.05) is 32.6 Å². The number of hydrogen-bond acceptors (Lipinski definition) is 3. The van der Waals surface area contributed by atoms with E-state index in [1.165, 1.54) is 0 Å². The van der Waals surface area contributed by atoms with Crippen molar-refractivity contribution < 1.29 is 14.7 Å². The molecule has 0 aromatic rings. The largest absolute Gasteiger partial charge is 0.480 e. The molecular formula is C12H20N2O3. The molecule has 17 heavy (non-hydrogen) atoms. The van der Waals surface area contributed by atoms with Crippen LogP contribution in [0.1, 0.15) is 19.3 Å². The van der Waals surface area contributed by atoms with Gasteiger partial charge in [-0.25, -0.2) is 0 Å². The normalized spacial score (nSPS) is 17.5. The van der Waals surface area contributed by atoms with Gasteiger partial charge >= 0.3 is 5.97 Å². The smallest absolute Gasteiger partial charge is 0.317 e. The van der Waals surface area contributed by atoms with Gasteiger partial charge in [-0.2, -0.15) is 0 Å². The summed E-state index contributed by atoms with van der Waals surface area (Å²) in [6.07, 6.45) is 3.79. The lowest BCUT2D eigenvalue weighted by Crippen LogP contribution is -2.36. The molecule has 0 bridgehead atoms. The zero-order chi connectivity index (χ0) is 12.7. The van der Waals surface area contributed by atoms with Gasteiger partial charge in [0.2, 0.25) is 5.91 Å².